The summed E-state index contributed by atoms with van der Waals surface area (Å²) >= 11 is 0. The first-order valence-corrected chi connectivity index (χ1v) is 13.8. The van der Waals surface area contributed by atoms with Crippen molar-refractivity contribution >= 4 is 33.8 Å². The van der Waals surface area contributed by atoms with Crippen LogP contribution in [0.5, 0.6) is 11.5 Å². The number of nitrogens with one attached hydrogen (secondary N) is 1. The zero-order valence-electron chi connectivity index (χ0n) is 22.8. The number of anilines is 3. The van der Waals surface area contributed by atoms with Gasteiger partial charge in [-0.25, -0.2) is 4.79 Å². The third-order valence-corrected chi connectivity index (χ3v) is 8.22. The van der Waals surface area contributed by atoms with Gasteiger partial charge in [0.05, 0.1) is 11.1 Å². The molecule has 0 fully saturated rings. The topological polar surface area (TPSA) is 50.8 Å². The van der Waals surface area contributed by atoms with Crippen LogP contribution < -0.4 is 15.0 Å². The molecule has 0 aliphatic carbocycles. The first-order valence-electron chi connectivity index (χ1n) is 13.8. The largest absolute Gasteiger partial charge is 0.456 e. The fourth-order valence-electron chi connectivity index (χ4n) is 6.23. The molecule has 198 valence electrons. The summed E-state index contributed by atoms with van der Waals surface area (Å²) in [6, 6.07) is 32.6. The second-order valence-electron chi connectivity index (χ2n) is 10.4. The number of rotatable bonds is 5. The van der Waals surface area contributed by atoms with Crippen LogP contribution in [-0.2, 0) is 10.3 Å². The predicted octanol–water partition coefficient (Wildman–Crippen LogP) is 8.31. The standard InChI is InChI=1S/C35H30N2O3/c1-4-37(5-2)25-16-18-29-32(21-25)39-31-19-14-23-20-24(36-30-13-9-6-10-22(30)3)15-17-26(23)33(31)35(29)28-12-8-7-11-27(28)34(38)40-35/h6-21,36H,4-5H2,1-3H3. The molecule has 5 aromatic rings. The summed E-state index contributed by atoms with van der Waals surface area (Å²) in [7, 11) is 0. The van der Waals surface area contributed by atoms with E-state index in [0.717, 1.165) is 57.6 Å². The van der Waals surface area contributed by atoms with E-state index in [-0.39, 0.29) is 5.97 Å². The Bertz CT molecular complexity index is 1810. The van der Waals surface area contributed by atoms with Crippen molar-refractivity contribution in [3.8, 4) is 11.5 Å². The van der Waals surface area contributed by atoms with Crippen LogP contribution in [-0.4, -0.2) is 19.1 Å². The van der Waals surface area contributed by atoms with Gasteiger partial charge in [-0.05, 0) is 79.6 Å². The molecule has 40 heavy (non-hydrogen) atoms. The first-order chi connectivity index (χ1) is 19.5. The Kier molecular flexibility index (Phi) is 5.56. The average Bonchev–Trinajstić information content (AvgIpc) is 3.27. The van der Waals surface area contributed by atoms with Crippen LogP contribution in [0.4, 0.5) is 17.1 Å². The molecule has 0 saturated heterocycles. The number of ether oxygens (including phenoxy) is 2. The molecule has 0 amide bonds. The van der Waals surface area contributed by atoms with Crippen molar-refractivity contribution in [1.29, 1.82) is 0 Å². The molecule has 5 aromatic carbocycles. The zero-order valence-corrected chi connectivity index (χ0v) is 22.8. The minimum atomic E-state index is -1.11. The summed E-state index contributed by atoms with van der Waals surface area (Å²) in [5.41, 5.74) is 6.32. The van der Waals surface area contributed by atoms with Gasteiger partial charge in [-0.3, -0.25) is 0 Å². The van der Waals surface area contributed by atoms with E-state index in [4.69, 9.17) is 9.47 Å². The Morgan fingerprint density at radius 1 is 0.800 bits per heavy atom. The molecular formula is C35H30N2O3. The summed E-state index contributed by atoms with van der Waals surface area (Å²) < 4.78 is 13.1. The fraction of sp³-hybridized carbons (Fsp3) is 0.171. The Morgan fingerprint density at radius 2 is 1.60 bits per heavy atom. The number of fused-ring (bicyclic) bond motifs is 8. The van der Waals surface area contributed by atoms with Crippen molar-refractivity contribution in [3.63, 3.8) is 0 Å². The lowest BCUT2D eigenvalue weighted by Gasteiger charge is -2.38. The molecule has 1 N–H and O–H groups in total. The van der Waals surface area contributed by atoms with Crippen LogP contribution >= 0.6 is 0 Å². The molecule has 0 radical (unpaired) electrons. The number of hydrogen-bond donors (Lipinski definition) is 1. The van der Waals surface area contributed by atoms with Crippen molar-refractivity contribution in [2.45, 2.75) is 26.4 Å². The van der Waals surface area contributed by atoms with Crippen molar-refractivity contribution in [2.75, 3.05) is 23.3 Å². The highest BCUT2D eigenvalue weighted by atomic mass is 16.6. The number of para-hydroxylation sites is 1. The number of nitrogens with zero attached hydrogens (tertiary/aromatic N) is 1. The van der Waals surface area contributed by atoms with Gasteiger partial charge < -0.3 is 19.7 Å². The summed E-state index contributed by atoms with van der Waals surface area (Å²) in [5, 5.41) is 5.56. The number of carbonyl (C=O) groups is 1. The van der Waals surface area contributed by atoms with Crippen molar-refractivity contribution < 1.29 is 14.3 Å². The Balaban J connectivity index is 1.45. The van der Waals surface area contributed by atoms with E-state index in [1.54, 1.807) is 0 Å². The van der Waals surface area contributed by atoms with Gasteiger partial charge in [-0.2, -0.15) is 0 Å². The second-order valence-corrected chi connectivity index (χ2v) is 10.4. The van der Waals surface area contributed by atoms with E-state index >= 15 is 0 Å². The predicted molar refractivity (Wildman–Crippen MR) is 160 cm³/mol. The van der Waals surface area contributed by atoms with E-state index in [1.807, 2.05) is 42.5 Å². The molecule has 1 unspecified atom stereocenters. The summed E-state index contributed by atoms with van der Waals surface area (Å²) in [4.78, 5) is 15.7. The van der Waals surface area contributed by atoms with Gasteiger partial charge in [-0.1, -0.05) is 48.5 Å². The van der Waals surface area contributed by atoms with Crippen molar-refractivity contribution in [1.82, 2.24) is 0 Å². The van der Waals surface area contributed by atoms with E-state index in [9.17, 15) is 4.79 Å². The Morgan fingerprint density at radius 3 is 2.42 bits per heavy atom. The molecule has 0 aromatic heterocycles. The third kappa shape index (κ3) is 3.51. The van der Waals surface area contributed by atoms with Gasteiger partial charge in [0, 0.05) is 47.3 Å². The number of hydrogen-bond acceptors (Lipinski definition) is 5. The molecule has 5 heteroatoms. The maximum Gasteiger partial charge on any atom is 0.340 e. The molecule has 2 heterocycles. The SMILES string of the molecule is CCN(CC)c1ccc2c(c1)Oc1ccc3cc(Nc4ccccc4C)ccc3c1C21OC(=O)c2ccccc21. The normalized spacial score (nSPS) is 16.6. The molecule has 7 rings (SSSR count). The number of esters is 1. The summed E-state index contributed by atoms with van der Waals surface area (Å²) in [5.74, 6) is 1.08. The van der Waals surface area contributed by atoms with Gasteiger partial charge in [0.25, 0.3) is 0 Å². The Labute approximate surface area is 234 Å². The summed E-state index contributed by atoms with van der Waals surface area (Å²) in [6.07, 6.45) is 0. The Hall–Kier alpha value is -4.77. The lowest BCUT2D eigenvalue weighted by atomic mass is 9.76. The molecule has 1 atom stereocenters. The molecule has 0 bridgehead atoms. The van der Waals surface area contributed by atoms with E-state index < -0.39 is 5.60 Å². The number of aryl methyl sites for hydroxylation is 1. The number of carbonyl (C=O) groups excluding carboxylic acids is 1. The monoisotopic (exact) mass is 526 g/mol. The minimum Gasteiger partial charge on any atom is -0.456 e. The molecule has 1 spiro atoms. The van der Waals surface area contributed by atoms with Crippen LogP contribution in [0.1, 0.15) is 46.5 Å². The molecule has 2 aliphatic rings. The van der Waals surface area contributed by atoms with Gasteiger partial charge in [0.15, 0.2) is 5.60 Å². The van der Waals surface area contributed by atoms with Gasteiger partial charge in [-0.15, -0.1) is 0 Å². The molecular weight excluding hydrogens is 496 g/mol. The maximum absolute atomic E-state index is 13.4. The van der Waals surface area contributed by atoms with Crippen LogP contribution in [0.15, 0.2) is 97.1 Å². The van der Waals surface area contributed by atoms with Gasteiger partial charge >= 0.3 is 5.97 Å². The van der Waals surface area contributed by atoms with E-state index in [1.165, 1.54) is 5.56 Å². The van der Waals surface area contributed by atoms with Crippen molar-refractivity contribution in [3.05, 3.63) is 125 Å². The van der Waals surface area contributed by atoms with Crippen LogP contribution in [0.3, 0.4) is 0 Å². The van der Waals surface area contributed by atoms with E-state index in [2.05, 4.69) is 85.6 Å². The maximum atomic E-state index is 13.4. The second kappa shape index (κ2) is 9.16. The van der Waals surface area contributed by atoms with Gasteiger partial charge in [0.1, 0.15) is 11.5 Å². The highest BCUT2D eigenvalue weighted by molar-refractivity contribution is 6.00. The van der Waals surface area contributed by atoms with Crippen molar-refractivity contribution in [2.24, 2.45) is 0 Å². The first kappa shape index (κ1) is 24.3. The fourth-order valence-corrected chi connectivity index (χ4v) is 6.23. The quantitative estimate of drug-likeness (QED) is 0.233. The van der Waals surface area contributed by atoms with Crippen LogP contribution in [0, 0.1) is 6.92 Å². The molecule has 5 nitrogen and oxygen atoms in total. The highest BCUT2D eigenvalue weighted by Gasteiger charge is 2.54. The lowest BCUT2D eigenvalue weighted by Crippen LogP contribution is -2.33. The zero-order chi connectivity index (χ0) is 27.4. The van der Waals surface area contributed by atoms with E-state index in [0.29, 0.717) is 17.1 Å². The molecule has 2 aliphatic heterocycles. The minimum absolute atomic E-state index is 0.322. The smallest absolute Gasteiger partial charge is 0.340 e. The lowest BCUT2D eigenvalue weighted by molar-refractivity contribution is 0.0229. The third-order valence-electron chi connectivity index (χ3n) is 8.22. The summed E-state index contributed by atoms with van der Waals surface area (Å²) in [6.45, 7) is 8.15. The van der Waals surface area contributed by atoms with Crippen LogP contribution in [0.25, 0.3) is 10.8 Å². The molecule has 0 saturated carbocycles. The average molecular weight is 527 g/mol. The number of benzene rings is 5. The highest BCUT2D eigenvalue weighted by Crippen LogP contribution is 2.58. The van der Waals surface area contributed by atoms with Gasteiger partial charge in [0.2, 0.25) is 0 Å². The van der Waals surface area contributed by atoms with Crippen LogP contribution in [0.2, 0.25) is 0 Å².